The number of carbonyl (C=O) groups excluding carboxylic acids is 2. The first-order valence-corrected chi connectivity index (χ1v) is 10.8. The molecule has 1 N–H and O–H groups in total. The molecule has 1 atom stereocenters. The molecule has 1 aromatic heterocycles. The molecule has 9 heteroatoms. The highest BCUT2D eigenvalue weighted by Gasteiger charge is 2.30. The predicted molar refractivity (Wildman–Crippen MR) is 101 cm³/mol. The molecule has 26 heavy (non-hydrogen) atoms. The molecule has 0 saturated carbocycles. The normalized spacial score (nSPS) is 18.6. The summed E-state index contributed by atoms with van der Waals surface area (Å²) in [4.78, 5) is 24.7. The number of hydrogen-bond donors (Lipinski definition) is 1. The number of ether oxygens (including phenoxy) is 1. The third kappa shape index (κ3) is 4.05. The van der Waals surface area contributed by atoms with Gasteiger partial charge in [-0.25, -0.2) is 17.5 Å². The summed E-state index contributed by atoms with van der Waals surface area (Å²) in [5.74, 6) is -0.955. The number of rotatable bonds is 4. The van der Waals surface area contributed by atoms with Gasteiger partial charge in [0, 0.05) is 23.5 Å². The molecule has 0 radical (unpaired) electrons. The molecule has 140 valence electrons. The minimum atomic E-state index is -3.29. The Kier molecular flexibility index (Phi) is 5.31. The van der Waals surface area contributed by atoms with Crippen LogP contribution < -0.4 is 5.32 Å². The van der Waals surface area contributed by atoms with Gasteiger partial charge in [0.15, 0.2) is 0 Å². The van der Waals surface area contributed by atoms with Crippen molar-refractivity contribution in [3.8, 4) is 0 Å². The zero-order chi connectivity index (χ0) is 18.9. The number of sulfonamides is 1. The lowest BCUT2D eigenvalue weighted by molar-refractivity contribution is -0.120. The van der Waals surface area contributed by atoms with E-state index in [1.807, 2.05) is 6.07 Å². The van der Waals surface area contributed by atoms with E-state index in [0.29, 0.717) is 30.0 Å². The smallest absolute Gasteiger partial charge is 0.348 e. The molecule has 3 rings (SSSR count). The van der Waals surface area contributed by atoms with Crippen molar-refractivity contribution in [2.75, 3.05) is 31.8 Å². The number of benzene rings is 1. The fraction of sp³-hybridized carbons (Fsp3) is 0.412. The average molecular weight is 396 g/mol. The number of nitrogens with zero attached hydrogens (tertiary/aromatic N) is 1. The summed E-state index contributed by atoms with van der Waals surface area (Å²) in [7, 11) is -1.96. The van der Waals surface area contributed by atoms with Gasteiger partial charge in [0.25, 0.3) is 0 Å². The topological polar surface area (TPSA) is 92.8 Å². The number of piperidine rings is 1. The highest BCUT2D eigenvalue weighted by Crippen LogP contribution is 2.29. The third-order valence-corrected chi connectivity index (χ3v) is 6.76. The van der Waals surface area contributed by atoms with Crippen LogP contribution >= 0.6 is 11.3 Å². The van der Waals surface area contributed by atoms with Crippen molar-refractivity contribution in [1.29, 1.82) is 0 Å². The minimum absolute atomic E-state index is 0.193. The SMILES string of the molecule is COC(=O)c1cc2cc(NC(=O)C3CCCN(S(C)(=O)=O)C3)ccc2s1. The molecule has 1 saturated heterocycles. The van der Waals surface area contributed by atoms with Gasteiger partial charge in [0.05, 0.1) is 19.3 Å². The van der Waals surface area contributed by atoms with Gasteiger partial charge < -0.3 is 10.1 Å². The molecule has 1 amide bonds. The molecule has 1 unspecified atom stereocenters. The summed E-state index contributed by atoms with van der Waals surface area (Å²) in [6, 6.07) is 7.14. The average Bonchev–Trinajstić information content (AvgIpc) is 3.03. The van der Waals surface area contributed by atoms with Crippen LogP contribution in [-0.4, -0.2) is 51.1 Å². The fourth-order valence-corrected chi connectivity index (χ4v) is 4.90. The quantitative estimate of drug-likeness (QED) is 0.801. The van der Waals surface area contributed by atoms with Crippen LogP contribution in [0.5, 0.6) is 0 Å². The Labute approximate surface area is 156 Å². The van der Waals surface area contributed by atoms with E-state index in [1.165, 1.54) is 22.8 Å². The maximum atomic E-state index is 12.5. The van der Waals surface area contributed by atoms with Crippen molar-refractivity contribution in [3.63, 3.8) is 0 Å². The second-order valence-corrected chi connectivity index (χ2v) is 9.37. The van der Waals surface area contributed by atoms with Crippen molar-refractivity contribution < 1.29 is 22.7 Å². The first-order valence-electron chi connectivity index (χ1n) is 8.16. The molecule has 1 fully saturated rings. The van der Waals surface area contributed by atoms with Crippen molar-refractivity contribution in [3.05, 3.63) is 29.1 Å². The van der Waals surface area contributed by atoms with Crippen molar-refractivity contribution in [2.45, 2.75) is 12.8 Å². The molecule has 2 aromatic rings. The van der Waals surface area contributed by atoms with E-state index >= 15 is 0 Å². The van der Waals surface area contributed by atoms with E-state index in [-0.39, 0.29) is 24.3 Å². The number of carbonyl (C=O) groups is 2. The Morgan fingerprint density at radius 1 is 1.31 bits per heavy atom. The summed E-state index contributed by atoms with van der Waals surface area (Å²) in [5.41, 5.74) is 0.619. The largest absolute Gasteiger partial charge is 0.465 e. The van der Waals surface area contributed by atoms with Gasteiger partial charge in [-0.15, -0.1) is 11.3 Å². The Hall–Kier alpha value is -1.97. The number of anilines is 1. The number of hydrogen-bond acceptors (Lipinski definition) is 6. The Morgan fingerprint density at radius 3 is 2.77 bits per heavy atom. The number of methoxy groups -OCH3 is 1. The van der Waals surface area contributed by atoms with Gasteiger partial charge in [-0.3, -0.25) is 4.79 Å². The molecule has 1 aliphatic heterocycles. The van der Waals surface area contributed by atoms with Crippen LogP contribution in [-0.2, 0) is 19.6 Å². The summed E-state index contributed by atoms with van der Waals surface area (Å²) in [5, 5.41) is 3.70. The van der Waals surface area contributed by atoms with Crippen molar-refractivity contribution in [1.82, 2.24) is 4.31 Å². The van der Waals surface area contributed by atoms with E-state index in [2.05, 4.69) is 5.32 Å². The number of nitrogens with one attached hydrogen (secondary N) is 1. The second kappa shape index (κ2) is 7.34. The van der Waals surface area contributed by atoms with Crippen molar-refractivity contribution in [2.24, 2.45) is 5.92 Å². The molecule has 1 aromatic carbocycles. The van der Waals surface area contributed by atoms with E-state index in [1.54, 1.807) is 18.2 Å². The standard InChI is InChI=1S/C17H20N2O5S2/c1-24-17(21)15-9-12-8-13(5-6-14(12)25-15)18-16(20)11-4-3-7-19(10-11)26(2,22)23/h5-6,8-9,11H,3-4,7,10H2,1-2H3,(H,18,20). The van der Waals surface area contributed by atoms with Crippen LogP contribution in [0, 0.1) is 5.92 Å². The van der Waals surface area contributed by atoms with Crippen LogP contribution in [0.2, 0.25) is 0 Å². The number of thiophene rings is 1. The van der Waals surface area contributed by atoms with Crippen molar-refractivity contribution >= 4 is 49.0 Å². The Balaban J connectivity index is 1.73. The molecule has 0 bridgehead atoms. The first-order chi connectivity index (χ1) is 12.3. The highest BCUT2D eigenvalue weighted by molar-refractivity contribution is 7.88. The van der Waals surface area contributed by atoms with E-state index < -0.39 is 10.0 Å². The van der Waals surface area contributed by atoms with Crippen LogP contribution in [0.3, 0.4) is 0 Å². The van der Waals surface area contributed by atoms with Gasteiger partial charge in [-0.05, 0) is 42.5 Å². The van der Waals surface area contributed by atoms with Crippen LogP contribution in [0.25, 0.3) is 10.1 Å². The van der Waals surface area contributed by atoms with E-state index in [4.69, 9.17) is 4.74 Å². The Morgan fingerprint density at radius 2 is 2.08 bits per heavy atom. The summed E-state index contributed by atoms with van der Waals surface area (Å²) >= 11 is 1.33. The number of amides is 1. The maximum absolute atomic E-state index is 12.5. The maximum Gasteiger partial charge on any atom is 0.348 e. The first kappa shape index (κ1) is 18.8. The van der Waals surface area contributed by atoms with Gasteiger partial charge in [0.1, 0.15) is 4.88 Å². The lowest BCUT2D eigenvalue weighted by atomic mass is 9.98. The molecule has 2 heterocycles. The zero-order valence-corrected chi connectivity index (χ0v) is 16.2. The molecule has 0 aliphatic carbocycles. The second-order valence-electron chi connectivity index (χ2n) is 6.30. The van der Waals surface area contributed by atoms with E-state index in [9.17, 15) is 18.0 Å². The number of fused-ring (bicyclic) bond motifs is 1. The van der Waals surface area contributed by atoms with E-state index in [0.717, 1.165) is 16.3 Å². The van der Waals surface area contributed by atoms with Gasteiger partial charge in [-0.2, -0.15) is 0 Å². The molecular formula is C17H20N2O5S2. The Bertz CT molecular complexity index is 951. The van der Waals surface area contributed by atoms with Crippen LogP contribution in [0.4, 0.5) is 5.69 Å². The summed E-state index contributed by atoms with van der Waals surface area (Å²) in [6.07, 6.45) is 2.49. The third-order valence-electron chi connectivity index (χ3n) is 4.39. The number of esters is 1. The predicted octanol–water partition coefficient (Wildman–Crippen LogP) is 2.30. The highest BCUT2D eigenvalue weighted by atomic mass is 32.2. The lowest BCUT2D eigenvalue weighted by Gasteiger charge is -2.30. The fourth-order valence-electron chi connectivity index (χ4n) is 3.02. The molecule has 1 aliphatic rings. The van der Waals surface area contributed by atoms with Gasteiger partial charge >= 0.3 is 5.97 Å². The zero-order valence-electron chi connectivity index (χ0n) is 14.5. The molecule has 0 spiro atoms. The van der Waals surface area contributed by atoms with Gasteiger partial charge in [-0.1, -0.05) is 0 Å². The van der Waals surface area contributed by atoms with Crippen LogP contribution in [0.15, 0.2) is 24.3 Å². The summed E-state index contributed by atoms with van der Waals surface area (Å²) in [6.45, 7) is 0.664. The molecule has 7 nitrogen and oxygen atoms in total. The lowest BCUT2D eigenvalue weighted by Crippen LogP contribution is -2.43. The van der Waals surface area contributed by atoms with Crippen LogP contribution in [0.1, 0.15) is 22.5 Å². The monoisotopic (exact) mass is 396 g/mol. The molecular weight excluding hydrogens is 376 g/mol. The minimum Gasteiger partial charge on any atom is -0.465 e. The van der Waals surface area contributed by atoms with Gasteiger partial charge in [0.2, 0.25) is 15.9 Å². The summed E-state index contributed by atoms with van der Waals surface area (Å²) < 4.78 is 30.4.